The Balaban J connectivity index is 0.00000133. The monoisotopic (exact) mass is 283 g/mol. The lowest BCUT2D eigenvalue weighted by atomic mass is 9.77. The number of hydrogen-bond acceptors (Lipinski definition) is 4. The van der Waals surface area contributed by atoms with Crippen LogP contribution >= 0.6 is 12.4 Å². The first-order chi connectivity index (χ1) is 8.66. The molecular formula is C13H15ClFN3O. The highest BCUT2D eigenvalue weighted by molar-refractivity contribution is 5.85. The van der Waals surface area contributed by atoms with Gasteiger partial charge in [-0.1, -0.05) is 17.3 Å². The number of aromatic nitrogens is 2. The van der Waals surface area contributed by atoms with Gasteiger partial charge >= 0.3 is 0 Å². The van der Waals surface area contributed by atoms with Crippen molar-refractivity contribution in [2.75, 3.05) is 0 Å². The molecule has 0 unspecified atom stereocenters. The second kappa shape index (κ2) is 5.27. The van der Waals surface area contributed by atoms with E-state index in [1.165, 1.54) is 12.1 Å². The molecule has 0 saturated heterocycles. The Kier molecular flexibility index (Phi) is 3.87. The van der Waals surface area contributed by atoms with E-state index in [0.717, 1.165) is 24.8 Å². The molecule has 0 radical (unpaired) electrons. The van der Waals surface area contributed by atoms with Gasteiger partial charge < -0.3 is 10.3 Å². The average molecular weight is 284 g/mol. The van der Waals surface area contributed by atoms with Gasteiger partial charge in [0.25, 0.3) is 0 Å². The first-order valence-electron chi connectivity index (χ1n) is 6.02. The average Bonchev–Trinajstić information content (AvgIpc) is 2.75. The molecule has 1 aliphatic rings. The molecular weight excluding hydrogens is 269 g/mol. The molecule has 1 aromatic carbocycles. The Morgan fingerprint density at radius 2 is 2.16 bits per heavy atom. The summed E-state index contributed by atoms with van der Waals surface area (Å²) < 4.78 is 18.2. The molecule has 1 saturated carbocycles. The van der Waals surface area contributed by atoms with Gasteiger partial charge in [-0.3, -0.25) is 0 Å². The van der Waals surface area contributed by atoms with Crippen molar-refractivity contribution in [1.82, 2.24) is 10.1 Å². The van der Waals surface area contributed by atoms with E-state index in [1.807, 2.05) is 6.07 Å². The minimum absolute atomic E-state index is 0. The van der Waals surface area contributed by atoms with Crippen LogP contribution in [0.25, 0.3) is 0 Å². The van der Waals surface area contributed by atoms with Crippen molar-refractivity contribution >= 4 is 12.4 Å². The molecule has 0 spiro atoms. The number of rotatable bonds is 3. The minimum Gasteiger partial charge on any atom is -0.339 e. The molecule has 0 aliphatic heterocycles. The fraction of sp³-hybridized carbons (Fsp3) is 0.385. The number of nitrogens with two attached hydrogens (primary N) is 1. The molecule has 1 fully saturated rings. The molecule has 4 nitrogen and oxygen atoms in total. The Bertz CT molecular complexity index is 569. The van der Waals surface area contributed by atoms with Gasteiger partial charge in [-0.05, 0) is 37.0 Å². The molecule has 102 valence electrons. The van der Waals surface area contributed by atoms with Crippen molar-refractivity contribution in [3.8, 4) is 0 Å². The van der Waals surface area contributed by atoms with Crippen LogP contribution in [0.2, 0.25) is 0 Å². The third-order valence-corrected chi connectivity index (χ3v) is 3.40. The number of benzene rings is 1. The second-order valence-corrected chi connectivity index (χ2v) is 4.83. The highest BCUT2D eigenvalue weighted by atomic mass is 35.5. The van der Waals surface area contributed by atoms with E-state index >= 15 is 0 Å². The maximum atomic E-state index is 13.0. The summed E-state index contributed by atoms with van der Waals surface area (Å²) in [6.07, 6.45) is 3.32. The van der Waals surface area contributed by atoms with Crippen molar-refractivity contribution < 1.29 is 8.91 Å². The van der Waals surface area contributed by atoms with Gasteiger partial charge in [0, 0.05) is 0 Å². The van der Waals surface area contributed by atoms with Crippen LogP contribution in [0.3, 0.4) is 0 Å². The number of nitrogens with zero attached hydrogens (tertiary/aromatic N) is 2. The third kappa shape index (κ3) is 2.77. The highest BCUT2D eigenvalue weighted by Gasteiger charge is 2.38. The molecule has 6 heteroatoms. The van der Waals surface area contributed by atoms with Gasteiger partial charge in [0.2, 0.25) is 5.89 Å². The predicted molar refractivity (Wildman–Crippen MR) is 70.5 cm³/mol. The maximum Gasteiger partial charge on any atom is 0.231 e. The van der Waals surface area contributed by atoms with E-state index in [1.54, 1.807) is 6.07 Å². The zero-order chi connectivity index (χ0) is 12.6. The topological polar surface area (TPSA) is 64.9 Å². The summed E-state index contributed by atoms with van der Waals surface area (Å²) in [5.41, 5.74) is 6.51. The second-order valence-electron chi connectivity index (χ2n) is 4.83. The van der Waals surface area contributed by atoms with E-state index < -0.39 is 5.54 Å². The zero-order valence-electron chi connectivity index (χ0n) is 10.3. The molecule has 19 heavy (non-hydrogen) atoms. The smallest absolute Gasteiger partial charge is 0.231 e. The van der Waals surface area contributed by atoms with Crippen molar-refractivity contribution in [3.63, 3.8) is 0 Å². The summed E-state index contributed by atoms with van der Waals surface area (Å²) >= 11 is 0. The van der Waals surface area contributed by atoms with E-state index in [4.69, 9.17) is 10.3 Å². The summed E-state index contributed by atoms with van der Waals surface area (Å²) in [4.78, 5) is 4.30. The Labute approximate surface area is 116 Å². The summed E-state index contributed by atoms with van der Waals surface area (Å²) in [5, 5.41) is 3.92. The van der Waals surface area contributed by atoms with E-state index in [9.17, 15) is 4.39 Å². The van der Waals surface area contributed by atoms with Crippen LogP contribution in [0.5, 0.6) is 0 Å². The SMILES string of the molecule is Cl.NC1(c2noc(Cc3cccc(F)c3)n2)CCC1. The lowest BCUT2D eigenvalue weighted by Gasteiger charge is -2.34. The van der Waals surface area contributed by atoms with E-state index in [0.29, 0.717) is 18.1 Å². The number of hydrogen-bond donors (Lipinski definition) is 1. The van der Waals surface area contributed by atoms with Crippen molar-refractivity contribution in [1.29, 1.82) is 0 Å². The largest absolute Gasteiger partial charge is 0.339 e. The van der Waals surface area contributed by atoms with Crippen LogP contribution < -0.4 is 5.73 Å². The van der Waals surface area contributed by atoms with Gasteiger partial charge in [-0.25, -0.2) is 4.39 Å². The summed E-state index contributed by atoms with van der Waals surface area (Å²) in [5.74, 6) is 0.786. The summed E-state index contributed by atoms with van der Waals surface area (Å²) in [6.45, 7) is 0. The van der Waals surface area contributed by atoms with Crippen LogP contribution in [0.4, 0.5) is 4.39 Å². The standard InChI is InChI=1S/C13H14FN3O.ClH/c14-10-4-1-3-9(7-10)8-11-16-12(17-18-11)13(15)5-2-6-13;/h1,3-4,7H,2,5-6,8,15H2;1H. The lowest BCUT2D eigenvalue weighted by molar-refractivity contribution is 0.229. The fourth-order valence-corrected chi connectivity index (χ4v) is 2.13. The first-order valence-corrected chi connectivity index (χ1v) is 6.02. The van der Waals surface area contributed by atoms with E-state index in [2.05, 4.69) is 10.1 Å². The quantitative estimate of drug-likeness (QED) is 0.940. The normalized spacial score (nSPS) is 16.5. The summed E-state index contributed by atoms with van der Waals surface area (Å²) in [7, 11) is 0. The van der Waals surface area contributed by atoms with E-state index in [-0.39, 0.29) is 18.2 Å². The minimum atomic E-state index is -0.413. The van der Waals surface area contributed by atoms with Crippen LogP contribution in [-0.2, 0) is 12.0 Å². The highest BCUT2D eigenvalue weighted by Crippen LogP contribution is 2.36. The first kappa shape index (κ1) is 14.0. The molecule has 2 N–H and O–H groups in total. The molecule has 0 atom stereocenters. The third-order valence-electron chi connectivity index (χ3n) is 3.40. The van der Waals surface area contributed by atoms with Crippen molar-refractivity contribution in [2.24, 2.45) is 5.73 Å². The van der Waals surface area contributed by atoms with Crippen LogP contribution in [0.1, 0.15) is 36.5 Å². The zero-order valence-corrected chi connectivity index (χ0v) is 11.1. The molecule has 1 aliphatic carbocycles. The van der Waals surface area contributed by atoms with Gasteiger partial charge in [0.05, 0.1) is 12.0 Å². The molecule has 1 aromatic heterocycles. The fourth-order valence-electron chi connectivity index (χ4n) is 2.13. The van der Waals surface area contributed by atoms with Crippen LogP contribution in [-0.4, -0.2) is 10.1 Å². The van der Waals surface area contributed by atoms with Gasteiger partial charge in [0.15, 0.2) is 5.82 Å². The molecule has 3 rings (SSSR count). The Morgan fingerprint density at radius 3 is 2.79 bits per heavy atom. The molecule has 0 bridgehead atoms. The van der Waals surface area contributed by atoms with Crippen LogP contribution in [0.15, 0.2) is 28.8 Å². The predicted octanol–water partition coefficient (Wildman–Crippen LogP) is 2.56. The van der Waals surface area contributed by atoms with Gasteiger partial charge in [0.1, 0.15) is 5.82 Å². The molecule has 2 aromatic rings. The van der Waals surface area contributed by atoms with Gasteiger partial charge in [-0.15, -0.1) is 12.4 Å². The Morgan fingerprint density at radius 1 is 1.37 bits per heavy atom. The number of halogens is 2. The van der Waals surface area contributed by atoms with Gasteiger partial charge in [-0.2, -0.15) is 4.98 Å². The van der Waals surface area contributed by atoms with Crippen LogP contribution in [0, 0.1) is 5.82 Å². The van der Waals surface area contributed by atoms with Crippen molar-refractivity contribution in [3.05, 3.63) is 47.4 Å². The lowest BCUT2D eigenvalue weighted by Crippen LogP contribution is -2.44. The Hall–Kier alpha value is -1.46. The summed E-state index contributed by atoms with van der Waals surface area (Å²) in [6, 6.07) is 6.37. The molecule has 0 amide bonds. The molecule has 1 heterocycles. The van der Waals surface area contributed by atoms with Crippen molar-refractivity contribution in [2.45, 2.75) is 31.2 Å². The maximum absolute atomic E-state index is 13.0.